The predicted octanol–water partition coefficient (Wildman–Crippen LogP) is 3.71. The summed E-state index contributed by atoms with van der Waals surface area (Å²) in [6.45, 7) is 1.38. The number of esters is 1. The van der Waals surface area contributed by atoms with E-state index in [-0.39, 0.29) is 5.97 Å². The van der Waals surface area contributed by atoms with E-state index in [1.807, 2.05) is 36.5 Å². The van der Waals surface area contributed by atoms with E-state index in [1.165, 1.54) is 6.92 Å². The molecule has 4 nitrogen and oxygen atoms in total. The van der Waals surface area contributed by atoms with Crippen molar-refractivity contribution in [2.24, 2.45) is 0 Å². The van der Waals surface area contributed by atoms with Crippen molar-refractivity contribution in [2.75, 3.05) is 0 Å². The molecule has 0 radical (unpaired) electrons. The van der Waals surface area contributed by atoms with Gasteiger partial charge in [-0.15, -0.1) is 0 Å². The van der Waals surface area contributed by atoms with Gasteiger partial charge in [0.25, 0.3) is 0 Å². The molecule has 0 spiro atoms. The van der Waals surface area contributed by atoms with Gasteiger partial charge in [0, 0.05) is 23.0 Å². The van der Waals surface area contributed by atoms with Crippen LogP contribution in [0.2, 0.25) is 0 Å². The van der Waals surface area contributed by atoms with Crippen molar-refractivity contribution in [2.45, 2.75) is 6.92 Å². The molecule has 0 fully saturated rings. The van der Waals surface area contributed by atoms with Gasteiger partial charge in [0.1, 0.15) is 5.75 Å². The predicted molar refractivity (Wildman–Crippen MR) is 80.1 cm³/mol. The van der Waals surface area contributed by atoms with Crippen molar-refractivity contribution in [3.05, 3.63) is 53.1 Å². The highest BCUT2D eigenvalue weighted by molar-refractivity contribution is 9.10. The zero-order chi connectivity index (χ0) is 14.1. The van der Waals surface area contributed by atoms with Crippen molar-refractivity contribution in [3.8, 4) is 11.4 Å². The fourth-order valence-corrected chi connectivity index (χ4v) is 2.22. The molecular formula is C15H11BrN2O2. The first-order chi connectivity index (χ1) is 9.61. The number of aromatic nitrogens is 2. The molecule has 1 aromatic heterocycles. The number of carbonyl (C=O) groups excluding carboxylic acids is 1. The second-order valence-corrected chi connectivity index (χ2v) is 5.28. The Balaban J connectivity index is 2.01. The maximum absolute atomic E-state index is 11.0. The summed E-state index contributed by atoms with van der Waals surface area (Å²) in [6.07, 6.45) is 1.91. The van der Waals surface area contributed by atoms with E-state index >= 15 is 0 Å². The van der Waals surface area contributed by atoms with Gasteiger partial charge >= 0.3 is 5.97 Å². The summed E-state index contributed by atoms with van der Waals surface area (Å²) >= 11 is 3.41. The second kappa shape index (κ2) is 5.09. The molecule has 0 aliphatic carbocycles. The summed E-state index contributed by atoms with van der Waals surface area (Å²) in [5.74, 6) is 0.199. The lowest BCUT2D eigenvalue weighted by molar-refractivity contribution is -0.131. The number of benzene rings is 2. The first-order valence-electron chi connectivity index (χ1n) is 6.05. The van der Waals surface area contributed by atoms with Crippen LogP contribution in [-0.4, -0.2) is 15.7 Å². The van der Waals surface area contributed by atoms with E-state index in [2.05, 4.69) is 21.0 Å². The minimum absolute atomic E-state index is 0.329. The normalized spacial score (nSPS) is 10.7. The largest absolute Gasteiger partial charge is 0.427 e. The van der Waals surface area contributed by atoms with Gasteiger partial charge in [0.2, 0.25) is 0 Å². The number of halogens is 1. The molecular weight excluding hydrogens is 320 g/mol. The molecule has 0 aliphatic heterocycles. The summed E-state index contributed by atoms with van der Waals surface area (Å²) < 4.78 is 7.89. The van der Waals surface area contributed by atoms with E-state index in [0.29, 0.717) is 5.75 Å². The molecule has 3 aromatic rings. The smallest absolute Gasteiger partial charge is 0.308 e. The first kappa shape index (κ1) is 12.9. The summed E-state index contributed by atoms with van der Waals surface area (Å²) in [4.78, 5) is 11.0. The van der Waals surface area contributed by atoms with E-state index in [9.17, 15) is 4.79 Å². The zero-order valence-electron chi connectivity index (χ0n) is 10.7. The molecule has 0 unspecified atom stereocenters. The Morgan fingerprint density at radius 2 is 1.95 bits per heavy atom. The number of ether oxygens (including phenoxy) is 1. The van der Waals surface area contributed by atoms with Gasteiger partial charge in [0.05, 0.1) is 11.2 Å². The van der Waals surface area contributed by atoms with Crippen LogP contribution in [0, 0.1) is 0 Å². The topological polar surface area (TPSA) is 44.1 Å². The van der Waals surface area contributed by atoms with E-state index < -0.39 is 0 Å². The van der Waals surface area contributed by atoms with Crippen molar-refractivity contribution in [1.29, 1.82) is 0 Å². The van der Waals surface area contributed by atoms with Crippen LogP contribution in [0.25, 0.3) is 16.6 Å². The zero-order valence-corrected chi connectivity index (χ0v) is 12.3. The lowest BCUT2D eigenvalue weighted by Crippen LogP contribution is -2.00. The third-order valence-electron chi connectivity index (χ3n) is 2.83. The third-order valence-corrected chi connectivity index (χ3v) is 3.36. The number of carbonyl (C=O) groups is 1. The van der Waals surface area contributed by atoms with Crippen LogP contribution >= 0.6 is 15.9 Å². The summed E-state index contributed by atoms with van der Waals surface area (Å²) in [7, 11) is 0. The number of rotatable bonds is 2. The number of fused-ring (bicyclic) bond motifs is 1. The molecule has 0 saturated heterocycles. The van der Waals surface area contributed by atoms with Crippen LogP contribution in [0.3, 0.4) is 0 Å². The Kier molecular flexibility index (Phi) is 3.28. The van der Waals surface area contributed by atoms with Crippen LogP contribution in [0.5, 0.6) is 5.75 Å². The van der Waals surface area contributed by atoms with Crippen molar-refractivity contribution in [3.63, 3.8) is 0 Å². The van der Waals surface area contributed by atoms with Crippen molar-refractivity contribution < 1.29 is 9.53 Å². The summed E-state index contributed by atoms with van der Waals surface area (Å²) in [5.41, 5.74) is 1.82. The number of hydrogen-bond acceptors (Lipinski definition) is 3. The van der Waals surface area contributed by atoms with Gasteiger partial charge < -0.3 is 4.74 Å². The minimum atomic E-state index is -0.329. The molecule has 0 saturated carbocycles. The van der Waals surface area contributed by atoms with Gasteiger partial charge in [-0.2, -0.15) is 5.10 Å². The molecule has 0 atom stereocenters. The van der Waals surface area contributed by atoms with Crippen LogP contribution in [0.15, 0.2) is 53.1 Å². The monoisotopic (exact) mass is 330 g/mol. The number of hydrogen-bond donors (Lipinski definition) is 0. The molecule has 1 heterocycles. The highest BCUT2D eigenvalue weighted by Crippen LogP contribution is 2.22. The highest BCUT2D eigenvalue weighted by atomic mass is 79.9. The van der Waals surface area contributed by atoms with Crippen LogP contribution in [-0.2, 0) is 4.79 Å². The second-order valence-electron chi connectivity index (χ2n) is 4.36. The molecule has 20 heavy (non-hydrogen) atoms. The van der Waals surface area contributed by atoms with E-state index in [4.69, 9.17) is 4.74 Å². The van der Waals surface area contributed by atoms with Gasteiger partial charge in [-0.05, 0) is 42.5 Å². The van der Waals surface area contributed by atoms with E-state index in [1.54, 1.807) is 16.8 Å². The van der Waals surface area contributed by atoms with Crippen molar-refractivity contribution >= 4 is 32.8 Å². The fourth-order valence-electron chi connectivity index (χ4n) is 1.96. The summed E-state index contributed by atoms with van der Waals surface area (Å²) in [5, 5.41) is 5.42. The minimum Gasteiger partial charge on any atom is -0.427 e. The standard InChI is InChI=1S/C15H11BrN2O2/c1-10(19)20-14-6-7-15-11(8-14)9-18(17-15)13-4-2-12(16)3-5-13/h2-9H,1H3. The average Bonchev–Trinajstić information content (AvgIpc) is 2.81. The Bertz CT molecular complexity index is 778. The molecule has 0 aliphatic rings. The SMILES string of the molecule is CC(=O)Oc1ccc2nn(-c3ccc(Br)cc3)cc2c1. The van der Waals surface area contributed by atoms with Gasteiger partial charge in [-0.3, -0.25) is 4.79 Å². The molecule has 5 heteroatoms. The average molecular weight is 331 g/mol. The van der Waals surface area contributed by atoms with Crippen LogP contribution in [0.4, 0.5) is 0 Å². The van der Waals surface area contributed by atoms with Gasteiger partial charge in [-0.1, -0.05) is 15.9 Å². The molecule has 0 N–H and O–H groups in total. The van der Waals surface area contributed by atoms with Crippen LogP contribution in [0.1, 0.15) is 6.92 Å². The molecule has 100 valence electrons. The third kappa shape index (κ3) is 2.58. The van der Waals surface area contributed by atoms with Gasteiger partial charge in [-0.25, -0.2) is 4.68 Å². The number of nitrogens with zero attached hydrogens (tertiary/aromatic N) is 2. The Morgan fingerprint density at radius 3 is 2.65 bits per heavy atom. The fraction of sp³-hybridized carbons (Fsp3) is 0.0667. The van der Waals surface area contributed by atoms with Gasteiger partial charge in [0.15, 0.2) is 0 Å². The lowest BCUT2D eigenvalue weighted by atomic mass is 10.2. The highest BCUT2D eigenvalue weighted by Gasteiger charge is 2.05. The maximum atomic E-state index is 11.0. The summed E-state index contributed by atoms with van der Waals surface area (Å²) in [6, 6.07) is 13.3. The molecule has 0 bridgehead atoms. The van der Waals surface area contributed by atoms with Crippen molar-refractivity contribution in [1.82, 2.24) is 9.78 Å². The Hall–Kier alpha value is -2.14. The maximum Gasteiger partial charge on any atom is 0.308 e. The Morgan fingerprint density at radius 1 is 1.20 bits per heavy atom. The van der Waals surface area contributed by atoms with E-state index in [0.717, 1.165) is 21.1 Å². The first-order valence-corrected chi connectivity index (χ1v) is 6.85. The lowest BCUT2D eigenvalue weighted by Gasteiger charge is -1.99. The quantitative estimate of drug-likeness (QED) is 0.531. The molecule has 2 aromatic carbocycles. The Labute approximate surface area is 124 Å². The molecule has 3 rings (SSSR count). The molecule has 0 amide bonds. The van der Waals surface area contributed by atoms with Crippen LogP contribution < -0.4 is 4.74 Å².